The largest absolute Gasteiger partial charge is 0.490 e. The van der Waals surface area contributed by atoms with Crippen molar-refractivity contribution in [2.45, 2.75) is 70.9 Å². The second-order valence-electron chi connectivity index (χ2n) is 11.9. The number of carbonyl (C=O) groups excluding carboxylic acids is 2. The molecule has 0 unspecified atom stereocenters. The number of rotatable bonds is 7. The minimum absolute atomic E-state index is 0.0595. The molecule has 13 heteroatoms. The van der Waals surface area contributed by atoms with Gasteiger partial charge in [-0.25, -0.2) is 9.78 Å². The molecule has 0 bridgehead atoms. The summed E-state index contributed by atoms with van der Waals surface area (Å²) < 4.78 is 60.4. The molecule has 45 heavy (non-hydrogen) atoms. The van der Waals surface area contributed by atoms with Gasteiger partial charge < -0.3 is 24.8 Å². The zero-order valence-corrected chi connectivity index (χ0v) is 26.2. The Bertz CT molecular complexity index is 1690. The van der Waals surface area contributed by atoms with E-state index in [1.54, 1.807) is 21.9 Å². The van der Waals surface area contributed by atoms with Crippen molar-refractivity contribution in [3.8, 4) is 16.5 Å². The van der Waals surface area contributed by atoms with Crippen molar-refractivity contribution >= 4 is 34.4 Å². The van der Waals surface area contributed by atoms with E-state index in [4.69, 9.17) is 19.9 Å². The summed E-state index contributed by atoms with van der Waals surface area (Å²) in [7, 11) is 0. The minimum atomic E-state index is -4.57. The predicted octanol–water partition coefficient (Wildman–Crippen LogP) is 7.51. The fourth-order valence-electron chi connectivity index (χ4n) is 5.23. The molecule has 4 aromatic rings. The Kier molecular flexibility index (Phi) is 9.02. The zero-order chi connectivity index (χ0) is 32.5. The van der Waals surface area contributed by atoms with Gasteiger partial charge in [-0.1, -0.05) is 18.2 Å². The summed E-state index contributed by atoms with van der Waals surface area (Å²) in [6.45, 7) is 8.11. The monoisotopic (exact) mass is 644 g/mol. The summed E-state index contributed by atoms with van der Waals surface area (Å²) in [6, 6.07) is 12.2. The molecule has 1 saturated heterocycles. The Morgan fingerprint density at radius 1 is 1.07 bits per heavy atom. The highest BCUT2D eigenvalue weighted by Crippen LogP contribution is 2.39. The third-order valence-electron chi connectivity index (χ3n) is 7.30. The number of nitrogens with two attached hydrogens (primary N) is 1. The van der Waals surface area contributed by atoms with Gasteiger partial charge >= 0.3 is 12.3 Å². The molecule has 0 spiro atoms. The normalized spacial score (nSPS) is 16.7. The first-order chi connectivity index (χ1) is 21.2. The smallest absolute Gasteiger partial charge is 0.416 e. The first kappa shape index (κ1) is 32.1. The molecule has 0 saturated carbocycles. The third-order valence-corrected chi connectivity index (χ3v) is 8.43. The van der Waals surface area contributed by atoms with Crippen molar-refractivity contribution in [2.75, 3.05) is 13.1 Å². The maximum absolute atomic E-state index is 13.6. The van der Waals surface area contributed by atoms with Crippen LogP contribution in [0, 0.1) is 0 Å². The van der Waals surface area contributed by atoms with E-state index in [0.29, 0.717) is 41.3 Å². The van der Waals surface area contributed by atoms with Crippen molar-refractivity contribution in [1.82, 2.24) is 14.5 Å². The van der Waals surface area contributed by atoms with Crippen LogP contribution < -0.4 is 15.2 Å². The molecule has 9 nitrogen and oxygen atoms in total. The van der Waals surface area contributed by atoms with Crippen molar-refractivity contribution in [3.05, 3.63) is 70.9 Å². The number of carbonyl (C=O) groups is 2. The maximum Gasteiger partial charge on any atom is 0.416 e. The van der Waals surface area contributed by atoms with Crippen molar-refractivity contribution in [3.63, 3.8) is 0 Å². The molecule has 2 atom stereocenters. The Labute approximate surface area is 262 Å². The highest BCUT2D eigenvalue weighted by Gasteiger charge is 2.35. The number of hydrogen-bond acceptors (Lipinski definition) is 7. The average molecular weight is 645 g/mol. The van der Waals surface area contributed by atoms with E-state index >= 15 is 0 Å². The number of fused-ring (bicyclic) bond motifs is 1. The topological polar surface area (TPSA) is 109 Å². The molecule has 2 aromatic heterocycles. The molecule has 1 fully saturated rings. The molecular weight excluding hydrogens is 609 g/mol. The average Bonchev–Trinajstić information content (AvgIpc) is 3.49. The molecule has 2 N–H and O–H groups in total. The van der Waals surface area contributed by atoms with Gasteiger partial charge in [-0.2, -0.15) is 13.2 Å². The molecule has 1 aliphatic heterocycles. The lowest BCUT2D eigenvalue weighted by Crippen LogP contribution is -2.37. The number of thiophene rings is 1. The molecule has 0 radical (unpaired) electrons. The Hall–Kier alpha value is -4.26. The fraction of sp³-hybridized carbons (Fsp3) is 0.406. The molecule has 240 valence electrons. The summed E-state index contributed by atoms with van der Waals surface area (Å²) in [5, 5.41) is 0.539. The number of alkyl halides is 3. The van der Waals surface area contributed by atoms with E-state index in [2.05, 4.69) is 4.98 Å². The van der Waals surface area contributed by atoms with E-state index in [1.165, 1.54) is 25.1 Å². The van der Waals surface area contributed by atoms with Gasteiger partial charge in [0, 0.05) is 37.2 Å². The number of nitrogens with zero attached hydrogens (tertiary/aromatic N) is 3. The van der Waals surface area contributed by atoms with Crippen molar-refractivity contribution < 1.29 is 37.0 Å². The fourth-order valence-corrected chi connectivity index (χ4v) is 6.15. The van der Waals surface area contributed by atoms with Gasteiger partial charge in [-0.15, -0.1) is 11.3 Å². The molecular formula is C32H35F3N4O5S. The van der Waals surface area contributed by atoms with Crippen LogP contribution in [0.3, 0.4) is 0 Å². The lowest BCUT2D eigenvalue weighted by atomic mass is 10.0. The number of ether oxygens (including phenoxy) is 3. The number of primary amides is 1. The summed E-state index contributed by atoms with van der Waals surface area (Å²) in [6.07, 6.45) is -2.28. The van der Waals surface area contributed by atoms with Gasteiger partial charge in [0.25, 0.3) is 5.91 Å². The quantitative estimate of drug-likeness (QED) is 0.223. The van der Waals surface area contributed by atoms with Crippen LogP contribution in [0.1, 0.15) is 73.9 Å². The molecule has 5 rings (SSSR count). The number of halogens is 3. The number of aromatic nitrogens is 2. The maximum atomic E-state index is 13.6. The lowest BCUT2D eigenvalue weighted by Gasteiger charge is -2.26. The van der Waals surface area contributed by atoms with E-state index in [0.717, 1.165) is 30.2 Å². The number of imidazole rings is 1. The Balaban J connectivity index is 1.36. The van der Waals surface area contributed by atoms with Crippen LogP contribution in [0.2, 0.25) is 0 Å². The number of benzene rings is 2. The molecule has 3 heterocycles. The number of amides is 2. The van der Waals surface area contributed by atoms with Crippen molar-refractivity contribution in [1.29, 1.82) is 0 Å². The number of likely N-dealkylation sites (tertiary alicyclic amines) is 1. The minimum Gasteiger partial charge on any atom is -0.490 e. The van der Waals surface area contributed by atoms with Gasteiger partial charge in [0.15, 0.2) is 0 Å². The van der Waals surface area contributed by atoms with Crippen LogP contribution in [-0.2, 0) is 10.9 Å². The van der Waals surface area contributed by atoms with E-state index in [1.807, 2.05) is 39.0 Å². The third kappa shape index (κ3) is 7.52. The van der Waals surface area contributed by atoms with Crippen molar-refractivity contribution in [2.24, 2.45) is 5.73 Å². The van der Waals surface area contributed by atoms with Gasteiger partial charge in [0.05, 0.1) is 16.6 Å². The van der Waals surface area contributed by atoms with E-state index < -0.39 is 29.4 Å². The second-order valence-corrected chi connectivity index (χ2v) is 12.9. The first-order valence-corrected chi connectivity index (χ1v) is 15.4. The lowest BCUT2D eigenvalue weighted by molar-refractivity contribution is -0.139. The van der Waals surface area contributed by atoms with Crippen LogP contribution in [-0.4, -0.2) is 51.2 Å². The highest BCUT2D eigenvalue weighted by molar-refractivity contribution is 7.16. The van der Waals surface area contributed by atoms with Gasteiger partial charge in [-0.3, -0.25) is 9.36 Å². The van der Waals surface area contributed by atoms with Crippen LogP contribution in [0.25, 0.3) is 16.0 Å². The Morgan fingerprint density at radius 2 is 1.82 bits per heavy atom. The van der Waals surface area contributed by atoms with Gasteiger partial charge in [0.1, 0.15) is 45.5 Å². The van der Waals surface area contributed by atoms with E-state index in [9.17, 15) is 22.8 Å². The molecule has 0 aliphatic carbocycles. The van der Waals surface area contributed by atoms with Crippen LogP contribution in [0.15, 0.2) is 54.9 Å². The standard InChI is InChI=1S/C32H35F3N4O5S/c1-19(22-9-5-6-10-23(22)32(33,34)35)42-26-17-27(45-28(26)29(36)40)39-18-37-24-12-11-21(16-25(24)39)43-20-8-7-14-38(15-13-20)30(41)44-31(2,3)4/h5-6,9-12,16-20H,7-8,13-15H2,1-4H3,(H2,36,40)/t19-,20+/m1/s1. The summed E-state index contributed by atoms with van der Waals surface area (Å²) >= 11 is 1.05. The first-order valence-electron chi connectivity index (χ1n) is 14.6. The molecule has 2 amide bonds. The number of hydrogen-bond donors (Lipinski definition) is 1. The van der Waals surface area contributed by atoms with Gasteiger partial charge in [-0.05, 0) is 58.7 Å². The summed E-state index contributed by atoms with van der Waals surface area (Å²) in [4.78, 5) is 31.1. The Morgan fingerprint density at radius 3 is 2.53 bits per heavy atom. The predicted molar refractivity (Wildman–Crippen MR) is 164 cm³/mol. The second kappa shape index (κ2) is 12.6. The van der Waals surface area contributed by atoms with Crippen LogP contribution in [0.4, 0.5) is 18.0 Å². The summed E-state index contributed by atoms with van der Waals surface area (Å²) in [5.74, 6) is -0.0745. The van der Waals surface area contributed by atoms with Gasteiger partial charge in [0.2, 0.25) is 0 Å². The zero-order valence-electron chi connectivity index (χ0n) is 25.4. The van der Waals surface area contributed by atoms with E-state index in [-0.39, 0.29) is 28.4 Å². The molecule has 1 aliphatic rings. The van der Waals surface area contributed by atoms with Crippen LogP contribution >= 0.6 is 11.3 Å². The SMILES string of the molecule is C[C@@H](Oc1cc(-n2cnc3ccc(O[C@H]4CCCN(C(=O)OC(C)(C)C)CC4)cc32)sc1C(N)=O)c1ccccc1C(F)(F)F. The van der Waals surface area contributed by atoms with Crippen LogP contribution in [0.5, 0.6) is 11.5 Å². The summed E-state index contributed by atoms with van der Waals surface area (Å²) in [5.41, 5.74) is 5.56. The highest BCUT2D eigenvalue weighted by atomic mass is 32.1. The molecule has 2 aromatic carbocycles.